The van der Waals surface area contributed by atoms with E-state index in [1.807, 2.05) is 0 Å². The van der Waals surface area contributed by atoms with Gasteiger partial charge in [0.2, 0.25) is 5.95 Å². The summed E-state index contributed by atoms with van der Waals surface area (Å²) in [7, 11) is 0. The Bertz CT molecular complexity index is 1130. The zero-order chi connectivity index (χ0) is 26.5. The fraction of sp³-hybridized carbons (Fsp3) is 0.450. The number of alkyl halides is 6. The third-order valence-electron chi connectivity index (χ3n) is 5.04. The third kappa shape index (κ3) is 6.85. The number of amides is 1. The minimum absolute atomic E-state index is 0.115. The highest BCUT2D eigenvalue weighted by Crippen LogP contribution is 2.31. The first-order valence-corrected chi connectivity index (χ1v) is 10.5. The van der Waals surface area contributed by atoms with Crippen LogP contribution in [0.15, 0.2) is 35.5 Å². The fourth-order valence-electron chi connectivity index (χ4n) is 3.27. The van der Waals surface area contributed by atoms with Gasteiger partial charge in [-0.3, -0.25) is 4.79 Å². The number of aromatic amines is 1. The van der Waals surface area contributed by atoms with Crippen molar-refractivity contribution in [3.63, 3.8) is 0 Å². The van der Waals surface area contributed by atoms with E-state index in [2.05, 4.69) is 20.4 Å². The molecule has 3 heterocycles. The molecule has 0 bridgehead atoms. The molecule has 0 saturated carbocycles. The SMILES string of the molecule is C[C@@H](/C=C/COC(=O)N1CCN(c2ncc(C(F)(F)F)cn2)CC1)Nc1cn[nH]c(=O)c1C(F)(F)F. The Labute approximate surface area is 200 Å². The van der Waals surface area contributed by atoms with Gasteiger partial charge in [-0.25, -0.2) is 19.9 Å². The monoisotopic (exact) mass is 521 g/mol. The van der Waals surface area contributed by atoms with Crippen LogP contribution < -0.4 is 15.8 Å². The minimum Gasteiger partial charge on any atom is -0.445 e. The van der Waals surface area contributed by atoms with E-state index in [1.54, 1.807) is 10.00 Å². The molecular formula is C20H21F6N7O3. The second-order valence-corrected chi connectivity index (χ2v) is 7.67. The molecule has 0 aromatic carbocycles. The number of piperazine rings is 1. The molecule has 1 aliphatic rings. The average Bonchev–Trinajstić information content (AvgIpc) is 2.80. The van der Waals surface area contributed by atoms with Crippen molar-refractivity contribution in [1.29, 1.82) is 0 Å². The van der Waals surface area contributed by atoms with Gasteiger partial charge in [0, 0.05) is 44.6 Å². The summed E-state index contributed by atoms with van der Waals surface area (Å²) in [5.41, 5.74) is -4.22. The van der Waals surface area contributed by atoms with Gasteiger partial charge in [0.15, 0.2) is 0 Å². The summed E-state index contributed by atoms with van der Waals surface area (Å²) in [4.78, 5) is 34.2. The number of nitrogens with zero attached hydrogens (tertiary/aromatic N) is 5. The lowest BCUT2D eigenvalue weighted by Gasteiger charge is -2.34. The lowest BCUT2D eigenvalue weighted by molar-refractivity contribution is -0.139. The van der Waals surface area contributed by atoms with Gasteiger partial charge in [-0.05, 0) is 13.0 Å². The number of anilines is 2. The lowest BCUT2D eigenvalue weighted by Crippen LogP contribution is -2.49. The number of carbonyl (C=O) groups excluding carboxylic acids is 1. The van der Waals surface area contributed by atoms with Crippen LogP contribution in [0.5, 0.6) is 0 Å². The molecule has 16 heteroatoms. The van der Waals surface area contributed by atoms with Crippen molar-refractivity contribution in [3.8, 4) is 0 Å². The van der Waals surface area contributed by atoms with Crippen molar-refractivity contribution in [2.45, 2.75) is 25.3 Å². The van der Waals surface area contributed by atoms with E-state index < -0.39 is 46.9 Å². The second kappa shape index (κ2) is 10.8. The molecule has 1 atom stereocenters. The van der Waals surface area contributed by atoms with E-state index in [1.165, 1.54) is 24.0 Å². The van der Waals surface area contributed by atoms with Crippen LogP contribution in [0.4, 0.5) is 42.8 Å². The predicted molar refractivity (Wildman–Crippen MR) is 114 cm³/mol. The minimum atomic E-state index is -4.87. The number of H-pyrrole nitrogens is 1. The first-order chi connectivity index (χ1) is 16.9. The smallest absolute Gasteiger partial charge is 0.423 e. The van der Waals surface area contributed by atoms with Crippen molar-refractivity contribution in [1.82, 2.24) is 25.1 Å². The summed E-state index contributed by atoms with van der Waals surface area (Å²) in [6, 6.07) is -0.652. The normalized spacial score (nSPS) is 15.8. The first kappa shape index (κ1) is 26.7. The molecule has 3 rings (SSSR count). The van der Waals surface area contributed by atoms with Gasteiger partial charge < -0.3 is 19.9 Å². The van der Waals surface area contributed by atoms with Crippen LogP contribution in [0, 0.1) is 0 Å². The molecular weight excluding hydrogens is 500 g/mol. The van der Waals surface area contributed by atoms with Crippen molar-refractivity contribution in [2.24, 2.45) is 0 Å². The number of hydrogen-bond acceptors (Lipinski definition) is 8. The van der Waals surface area contributed by atoms with Crippen LogP contribution in [0.3, 0.4) is 0 Å². The van der Waals surface area contributed by atoms with Gasteiger partial charge in [-0.1, -0.05) is 6.08 Å². The zero-order valence-electron chi connectivity index (χ0n) is 18.7. The number of halogens is 6. The summed E-state index contributed by atoms with van der Waals surface area (Å²) < 4.78 is 82.3. The summed E-state index contributed by atoms with van der Waals surface area (Å²) in [5, 5.41) is 7.63. The van der Waals surface area contributed by atoms with Crippen molar-refractivity contribution in [2.75, 3.05) is 43.0 Å². The lowest BCUT2D eigenvalue weighted by atomic mass is 10.2. The maximum atomic E-state index is 13.1. The van der Waals surface area contributed by atoms with Gasteiger partial charge >= 0.3 is 18.4 Å². The molecule has 2 N–H and O–H groups in total. The van der Waals surface area contributed by atoms with Crippen molar-refractivity contribution < 1.29 is 35.9 Å². The molecule has 36 heavy (non-hydrogen) atoms. The number of aromatic nitrogens is 4. The van der Waals surface area contributed by atoms with Gasteiger partial charge in [-0.15, -0.1) is 0 Å². The highest BCUT2D eigenvalue weighted by Gasteiger charge is 2.37. The van der Waals surface area contributed by atoms with Crippen LogP contribution in [-0.4, -0.2) is 70.0 Å². The van der Waals surface area contributed by atoms with Crippen LogP contribution in [0.2, 0.25) is 0 Å². The largest absolute Gasteiger partial charge is 0.445 e. The molecule has 10 nitrogen and oxygen atoms in total. The number of rotatable bonds is 6. The summed E-state index contributed by atoms with van der Waals surface area (Å²) in [5.74, 6) is 0.115. The molecule has 0 aliphatic carbocycles. The van der Waals surface area contributed by atoms with Crippen LogP contribution in [0.1, 0.15) is 18.1 Å². The third-order valence-corrected chi connectivity index (χ3v) is 5.04. The Morgan fingerprint density at radius 1 is 1.11 bits per heavy atom. The van der Waals surface area contributed by atoms with Crippen molar-refractivity contribution >= 4 is 17.7 Å². The molecule has 2 aromatic rings. The molecule has 1 aliphatic heterocycles. The van der Waals surface area contributed by atoms with Gasteiger partial charge in [0.05, 0.1) is 17.4 Å². The van der Waals surface area contributed by atoms with E-state index in [4.69, 9.17) is 4.74 Å². The number of hydrogen-bond donors (Lipinski definition) is 2. The highest BCUT2D eigenvalue weighted by atomic mass is 19.4. The molecule has 0 unspecified atom stereocenters. The molecule has 0 spiro atoms. The van der Waals surface area contributed by atoms with Crippen LogP contribution >= 0.6 is 0 Å². The van der Waals surface area contributed by atoms with Crippen LogP contribution in [0.25, 0.3) is 0 Å². The maximum absolute atomic E-state index is 13.1. The Morgan fingerprint density at radius 3 is 2.33 bits per heavy atom. The Kier molecular flexibility index (Phi) is 8.04. The quantitative estimate of drug-likeness (QED) is 0.441. The predicted octanol–water partition coefficient (Wildman–Crippen LogP) is 2.91. The second-order valence-electron chi connectivity index (χ2n) is 7.67. The zero-order valence-corrected chi connectivity index (χ0v) is 18.7. The molecule has 0 radical (unpaired) electrons. The highest BCUT2D eigenvalue weighted by molar-refractivity contribution is 5.68. The van der Waals surface area contributed by atoms with Gasteiger partial charge in [0.25, 0.3) is 5.56 Å². The first-order valence-electron chi connectivity index (χ1n) is 10.5. The standard InChI is InChI=1S/C20H21F6N7O3/c1-12(30-14-11-29-31-16(34)15(14)20(24,25)26)3-2-8-36-18(35)33-6-4-32(5-7-33)17-27-9-13(10-28-17)19(21,22)23/h2-3,9-12H,4-8H2,1H3,(H2,30,31,34)/b3-2+/t12-/m0/s1. The fourth-order valence-corrected chi connectivity index (χ4v) is 3.27. The number of ether oxygens (including phenoxy) is 1. The number of nitrogens with one attached hydrogen (secondary N) is 2. The van der Waals surface area contributed by atoms with E-state index in [-0.39, 0.29) is 38.7 Å². The van der Waals surface area contributed by atoms with E-state index >= 15 is 0 Å². The van der Waals surface area contributed by atoms with Crippen LogP contribution in [-0.2, 0) is 17.1 Å². The van der Waals surface area contributed by atoms with E-state index in [0.717, 1.165) is 6.20 Å². The molecule has 2 aromatic heterocycles. The van der Waals surface area contributed by atoms with Gasteiger partial charge in [0.1, 0.15) is 12.2 Å². The topological polar surface area (TPSA) is 116 Å². The summed E-state index contributed by atoms with van der Waals surface area (Å²) in [6.07, 6.45) is -4.92. The number of carbonyl (C=O) groups is 1. The Morgan fingerprint density at radius 2 is 1.75 bits per heavy atom. The van der Waals surface area contributed by atoms with Gasteiger partial charge in [-0.2, -0.15) is 31.4 Å². The Balaban J connectivity index is 1.45. The molecule has 196 valence electrons. The Hall–Kier alpha value is -3.85. The van der Waals surface area contributed by atoms with E-state index in [9.17, 15) is 35.9 Å². The average molecular weight is 521 g/mol. The van der Waals surface area contributed by atoms with Crippen molar-refractivity contribution in [3.05, 3.63) is 52.2 Å². The van der Waals surface area contributed by atoms with E-state index in [0.29, 0.717) is 12.4 Å². The summed E-state index contributed by atoms with van der Waals surface area (Å²) in [6.45, 7) is 2.38. The molecule has 1 amide bonds. The summed E-state index contributed by atoms with van der Waals surface area (Å²) >= 11 is 0. The molecule has 1 saturated heterocycles. The molecule has 1 fully saturated rings. The maximum Gasteiger partial charge on any atom is 0.423 e.